The summed E-state index contributed by atoms with van der Waals surface area (Å²) in [4.78, 5) is 0. The van der Waals surface area contributed by atoms with Crippen molar-refractivity contribution in [1.29, 1.82) is 0 Å². The lowest BCUT2D eigenvalue weighted by Gasteiger charge is -2.15. The van der Waals surface area contributed by atoms with E-state index in [-0.39, 0.29) is 16.9 Å². The average Bonchev–Trinajstić information content (AvgIpc) is 2.24. The van der Waals surface area contributed by atoms with E-state index in [0.717, 1.165) is 6.42 Å². The number of rotatable bonds is 4. The van der Waals surface area contributed by atoms with Gasteiger partial charge in [-0.2, -0.15) is 0 Å². The summed E-state index contributed by atoms with van der Waals surface area (Å²) in [7, 11) is 0. The van der Waals surface area contributed by atoms with Gasteiger partial charge in [-0.05, 0) is 46.3 Å². The molecule has 16 heavy (non-hydrogen) atoms. The molecule has 1 aromatic rings. The third kappa shape index (κ3) is 3.44. The minimum Gasteiger partial charge on any atom is -0.327 e. The van der Waals surface area contributed by atoms with Crippen molar-refractivity contribution in [2.45, 2.75) is 32.7 Å². The molecule has 0 fully saturated rings. The third-order valence-corrected chi connectivity index (χ3v) is 3.98. The van der Waals surface area contributed by atoms with Gasteiger partial charge in [-0.25, -0.2) is 4.39 Å². The van der Waals surface area contributed by atoms with Crippen molar-refractivity contribution in [2.24, 2.45) is 11.7 Å². The quantitative estimate of drug-likeness (QED) is 0.831. The fourth-order valence-electron chi connectivity index (χ4n) is 1.41. The lowest BCUT2D eigenvalue weighted by Crippen LogP contribution is -2.26. The first-order valence-corrected chi connectivity index (χ1v) is 6.48. The Morgan fingerprint density at radius 1 is 1.44 bits per heavy atom. The van der Waals surface area contributed by atoms with Gasteiger partial charge < -0.3 is 5.73 Å². The molecule has 1 unspecified atom stereocenters. The normalized spacial score (nSPS) is 13.2. The predicted molar refractivity (Wildman–Crippen MR) is 70.2 cm³/mol. The second-order valence-corrected chi connectivity index (χ2v) is 5.51. The van der Waals surface area contributed by atoms with Crippen molar-refractivity contribution < 1.29 is 4.39 Å². The van der Waals surface area contributed by atoms with Crippen LogP contribution in [0.1, 0.15) is 25.8 Å². The van der Waals surface area contributed by atoms with Gasteiger partial charge >= 0.3 is 0 Å². The van der Waals surface area contributed by atoms with Crippen LogP contribution in [0.15, 0.2) is 16.6 Å². The number of aryl methyl sites for hydroxylation is 1. The molecule has 0 amide bonds. The molecule has 0 bridgehead atoms. The minimum absolute atomic E-state index is 0.0989. The summed E-state index contributed by atoms with van der Waals surface area (Å²) in [6.45, 7) is 4.13. The van der Waals surface area contributed by atoms with Gasteiger partial charge in [-0.1, -0.05) is 31.5 Å². The molecule has 1 atom stereocenters. The molecule has 0 radical (unpaired) electrons. The van der Waals surface area contributed by atoms with E-state index in [9.17, 15) is 4.39 Å². The van der Waals surface area contributed by atoms with Gasteiger partial charge in [0.2, 0.25) is 0 Å². The number of hydrogen-bond donors (Lipinski definition) is 1. The van der Waals surface area contributed by atoms with Crippen LogP contribution in [0.25, 0.3) is 0 Å². The highest BCUT2D eigenvalue weighted by atomic mass is 79.9. The van der Waals surface area contributed by atoms with Crippen molar-refractivity contribution >= 4 is 27.5 Å². The van der Waals surface area contributed by atoms with Gasteiger partial charge in [0, 0.05) is 10.5 Å². The van der Waals surface area contributed by atoms with E-state index in [2.05, 4.69) is 29.8 Å². The van der Waals surface area contributed by atoms with E-state index < -0.39 is 0 Å². The maximum Gasteiger partial charge on any atom is 0.146 e. The van der Waals surface area contributed by atoms with Gasteiger partial charge in [0.15, 0.2) is 0 Å². The Hall–Kier alpha value is -0.120. The van der Waals surface area contributed by atoms with E-state index in [1.54, 1.807) is 12.1 Å². The van der Waals surface area contributed by atoms with E-state index in [1.807, 2.05) is 0 Å². The molecule has 0 aliphatic heterocycles. The fourth-order valence-corrected chi connectivity index (χ4v) is 1.91. The molecule has 0 spiro atoms. The topological polar surface area (TPSA) is 26.0 Å². The summed E-state index contributed by atoms with van der Waals surface area (Å²) in [5.41, 5.74) is 6.55. The van der Waals surface area contributed by atoms with Crippen molar-refractivity contribution in [3.8, 4) is 0 Å². The second kappa shape index (κ2) is 5.99. The molecule has 1 nitrogen and oxygen atoms in total. The maximum atomic E-state index is 13.7. The SMILES string of the molecule is CC(C)C(N)CCc1ccc(Br)c(Cl)c1F. The summed E-state index contributed by atoms with van der Waals surface area (Å²) < 4.78 is 14.3. The zero-order valence-electron chi connectivity index (χ0n) is 9.43. The molecular formula is C12H16BrClFN. The Morgan fingerprint density at radius 2 is 2.06 bits per heavy atom. The lowest BCUT2D eigenvalue weighted by molar-refractivity contribution is 0.460. The highest BCUT2D eigenvalue weighted by Crippen LogP contribution is 2.28. The van der Waals surface area contributed by atoms with Crippen molar-refractivity contribution in [3.63, 3.8) is 0 Å². The van der Waals surface area contributed by atoms with E-state index in [4.69, 9.17) is 17.3 Å². The van der Waals surface area contributed by atoms with Gasteiger partial charge in [-0.15, -0.1) is 0 Å². The average molecular weight is 309 g/mol. The van der Waals surface area contributed by atoms with Crippen molar-refractivity contribution in [1.82, 2.24) is 0 Å². The summed E-state index contributed by atoms with van der Waals surface area (Å²) in [5.74, 6) is 0.0704. The molecule has 1 rings (SSSR count). The Labute approximate surface area is 109 Å². The Bertz CT molecular complexity index is 368. The van der Waals surface area contributed by atoms with Crippen LogP contribution in [0.5, 0.6) is 0 Å². The molecule has 0 aliphatic rings. The largest absolute Gasteiger partial charge is 0.327 e. The fraction of sp³-hybridized carbons (Fsp3) is 0.500. The molecule has 2 N–H and O–H groups in total. The summed E-state index contributed by atoms with van der Waals surface area (Å²) >= 11 is 8.99. The highest BCUT2D eigenvalue weighted by molar-refractivity contribution is 9.10. The number of hydrogen-bond acceptors (Lipinski definition) is 1. The van der Waals surface area contributed by atoms with Crippen LogP contribution in [0, 0.1) is 11.7 Å². The molecular weight excluding hydrogens is 292 g/mol. The minimum atomic E-state index is -0.341. The first kappa shape index (κ1) is 13.9. The van der Waals surface area contributed by atoms with Crippen LogP contribution in [0.4, 0.5) is 4.39 Å². The molecule has 0 saturated carbocycles. The maximum absolute atomic E-state index is 13.7. The lowest BCUT2D eigenvalue weighted by atomic mass is 9.97. The molecule has 0 aromatic heterocycles. The standard InChI is InChI=1S/C12H16BrClFN/c1-7(2)10(16)6-4-8-3-5-9(13)11(14)12(8)15/h3,5,7,10H,4,6,16H2,1-2H3. The van der Waals surface area contributed by atoms with Gasteiger partial charge in [0.05, 0.1) is 5.02 Å². The Kier molecular flexibility index (Phi) is 5.22. The molecule has 90 valence electrons. The van der Waals surface area contributed by atoms with Crippen molar-refractivity contribution in [2.75, 3.05) is 0 Å². The zero-order chi connectivity index (χ0) is 12.3. The molecule has 0 aliphatic carbocycles. The number of halogens is 3. The second-order valence-electron chi connectivity index (χ2n) is 4.28. The summed E-state index contributed by atoms with van der Waals surface area (Å²) in [6.07, 6.45) is 1.39. The Balaban J connectivity index is 2.72. The zero-order valence-corrected chi connectivity index (χ0v) is 11.8. The van der Waals surface area contributed by atoms with Crippen LogP contribution < -0.4 is 5.73 Å². The molecule has 4 heteroatoms. The molecule has 0 heterocycles. The third-order valence-electron chi connectivity index (χ3n) is 2.72. The first-order valence-electron chi connectivity index (χ1n) is 5.31. The highest BCUT2D eigenvalue weighted by Gasteiger charge is 2.13. The molecule has 0 saturated heterocycles. The van der Waals surface area contributed by atoms with Crippen LogP contribution in [0.2, 0.25) is 5.02 Å². The van der Waals surface area contributed by atoms with E-state index in [1.165, 1.54) is 0 Å². The van der Waals surface area contributed by atoms with Crippen LogP contribution >= 0.6 is 27.5 Å². The Morgan fingerprint density at radius 3 is 2.62 bits per heavy atom. The summed E-state index contributed by atoms with van der Waals surface area (Å²) in [6, 6.07) is 3.61. The summed E-state index contributed by atoms with van der Waals surface area (Å²) in [5, 5.41) is 0.149. The van der Waals surface area contributed by atoms with Crippen LogP contribution in [-0.2, 0) is 6.42 Å². The van der Waals surface area contributed by atoms with Gasteiger partial charge in [-0.3, -0.25) is 0 Å². The molecule has 1 aromatic carbocycles. The van der Waals surface area contributed by atoms with Gasteiger partial charge in [0.25, 0.3) is 0 Å². The predicted octanol–water partition coefficient (Wildman–Crippen LogP) is 4.16. The van der Waals surface area contributed by atoms with E-state index in [0.29, 0.717) is 22.4 Å². The van der Waals surface area contributed by atoms with Crippen molar-refractivity contribution in [3.05, 3.63) is 33.0 Å². The van der Waals surface area contributed by atoms with Crippen LogP contribution in [-0.4, -0.2) is 6.04 Å². The number of benzene rings is 1. The monoisotopic (exact) mass is 307 g/mol. The van der Waals surface area contributed by atoms with Crippen LogP contribution in [0.3, 0.4) is 0 Å². The smallest absolute Gasteiger partial charge is 0.146 e. The van der Waals surface area contributed by atoms with E-state index >= 15 is 0 Å². The number of nitrogens with two attached hydrogens (primary N) is 1. The first-order chi connectivity index (χ1) is 7.43. The van der Waals surface area contributed by atoms with Gasteiger partial charge in [0.1, 0.15) is 5.82 Å².